The molecule has 0 fully saturated rings. The Morgan fingerprint density at radius 2 is 0.833 bits per heavy atom. The Labute approximate surface area is 190 Å². The molecule has 180 valence electrons. The highest BCUT2D eigenvalue weighted by molar-refractivity contribution is 5.69. The summed E-state index contributed by atoms with van der Waals surface area (Å²) in [6, 6.07) is 0. The van der Waals surface area contributed by atoms with Crippen LogP contribution in [0.2, 0.25) is 0 Å². The Kier molecular flexibility index (Phi) is 24.3. The van der Waals surface area contributed by atoms with Gasteiger partial charge in [-0.25, -0.2) is 0 Å². The van der Waals surface area contributed by atoms with Gasteiger partial charge in [-0.3, -0.25) is 4.79 Å². The number of hydrogen-bond donors (Lipinski definition) is 0. The number of rotatable bonds is 24. The molecule has 0 heterocycles. The molecule has 0 bridgehead atoms. The molecule has 0 aliphatic carbocycles. The summed E-state index contributed by atoms with van der Waals surface area (Å²) in [4.78, 5) is 12.3. The van der Waals surface area contributed by atoms with E-state index in [0.29, 0.717) is 6.42 Å². The molecular weight excluding hydrogens is 368 g/mol. The lowest BCUT2D eigenvalue weighted by atomic mass is 10.0. The molecule has 0 aliphatic rings. The van der Waals surface area contributed by atoms with Crippen molar-refractivity contribution < 1.29 is 9.53 Å². The zero-order valence-electron chi connectivity index (χ0n) is 21.2. The van der Waals surface area contributed by atoms with E-state index in [1.54, 1.807) is 0 Å². The lowest BCUT2D eigenvalue weighted by Crippen LogP contribution is -2.18. The molecule has 0 radical (unpaired) electrons. The van der Waals surface area contributed by atoms with Crippen LogP contribution in [0.3, 0.4) is 0 Å². The van der Waals surface area contributed by atoms with Crippen LogP contribution in [0.5, 0.6) is 0 Å². The highest BCUT2D eigenvalue weighted by atomic mass is 16.5. The highest BCUT2D eigenvalue weighted by Gasteiger charge is 2.14. The zero-order chi connectivity index (χ0) is 22.1. The molecule has 0 rings (SSSR count). The smallest absolute Gasteiger partial charge is 0.306 e. The van der Waals surface area contributed by atoms with E-state index in [1.807, 2.05) is 0 Å². The molecule has 1 unspecified atom stereocenters. The van der Waals surface area contributed by atoms with Crippen LogP contribution in [-0.4, -0.2) is 12.1 Å². The van der Waals surface area contributed by atoms with Gasteiger partial charge < -0.3 is 4.74 Å². The quantitative estimate of drug-likeness (QED) is 0.114. The number of hydrogen-bond acceptors (Lipinski definition) is 2. The molecule has 1 atom stereocenters. The van der Waals surface area contributed by atoms with Crippen molar-refractivity contribution in [3.63, 3.8) is 0 Å². The van der Waals surface area contributed by atoms with Crippen LogP contribution in [0.4, 0.5) is 0 Å². The van der Waals surface area contributed by atoms with Crippen LogP contribution in [-0.2, 0) is 9.53 Å². The summed E-state index contributed by atoms with van der Waals surface area (Å²) < 4.78 is 5.92. The maximum absolute atomic E-state index is 12.3. The molecule has 0 N–H and O–H groups in total. The van der Waals surface area contributed by atoms with Crippen molar-refractivity contribution in [1.82, 2.24) is 0 Å². The number of unbranched alkanes of at least 4 members (excludes halogenated alkanes) is 17. The molecule has 2 heteroatoms. The van der Waals surface area contributed by atoms with Gasteiger partial charge in [0.15, 0.2) is 0 Å². The summed E-state index contributed by atoms with van der Waals surface area (Å²) in [5, 5.41) is 0. The first-order valence-electron chi connectivity index (χ1n) is 13.9. The molecular formula is C28H56O2. The van der Waals surface area contributed by atoms with Gasteiger partial charge in [0.2, 0.25) is 0 Å². The summed E-state index contributed by atoms with van der Waals surface area (Å²) in [6.07, 6.45) is 29.0. The van der Waals surface area contributed by atoms with Gasteiger partial charge in [0, 0.05) is 6.42 Å². The lowest BCUT2D eigenvalue weighted by Gasteiger charge is -2.18. The monoisotopic (exact) mass is 424 g/mol. The second-order valence-electron chi connectivity index (χ2n) is 9.45. The van der Waals surface area contributed by atoms with E-state index >= 15 is 0 Å². The van der Waals surface area contributed by atoms with Crippen LogP contribution < -0.4 is 0 Å². The van der Waals surface area contributed by atoms with Gasteiger partial charge in [-0.05, 0) is 32.1 Å². The average molecular weight is 425 g/mol. The Hall–Kier alpha value is -0.530. The van der Waals surface area contributed by atoms with Crippen molar-refractivity contribution in [2.45, 2.75) is 175 Å². The van der Waals surface area contributed by atoms with Gasteiger partial charge in [-0.2, -0.15) is 0 Å². The van der Waals surface area contributed by atoms with Crippen molar-refractivity contribution >= 4 is 5.97 Å². The summed E-state index contributed by atoms with van der Waals surface area (Å²) in [6.45, 7) is 6.78. The molecule has 0 aliphatic heterocycles. The summed E-state index contributed by atoms with van der Waals surface area (Å²) in [5.74, 6) is 0.0541. The number of carbonyl (C=O) groups is 1. The van der Waals surface area contributed by atoms with Crippen LogP contribution in [0.1, 0.15) is 168 Å². The Balaban J connectivity index is 3.98. The second kappa shape index (κ2) is 24.7. The molecule has 0 amide bonds. The SMILES string of the molecule is CCCCCCCCCCCC(CCCCCCCC)OC(=O)CCCCCCC. The van der Waals surface area contributed by atoms with Crippen molar-refractivity contribution in [2.24, 2.45) is 0 Å². The average Bonchev–Trinajstić information content (AvgIpc) is 2.74. The molecule has 0 saturated carbocycles. The van der Waals surface area contributed by atoms with Crippen molar-refractivity contribution in [3.8, 4) is 0 Å². The third kappa shape index (κ3) is 22.2. The van der Waals surface area contributed by atoms with Crippen LogP contribution in [0.15, 0.2) is 0 Å². The predicted molar refractivity (Wildman–Crippen MR) is 133 cm³/mol. The summed E-state index contributed by atoms with van der Waals surface area (Å²) >= 11 is 0. The second-order valence-corrected chi connectivity index (χ2v) is 9.45. The molecule has 0 saturated heterocycles. The largest absolute Gasteiger partial charge is 0.462 e. The van der Waals surface area contributed by atoms with E-state index in [9.17, 15) is 4.79 Å². The maximum atomic E-state index is 12.3. The minimum absolute atomic E-state index is 0.0541. The van der Waals surface area contributed by atoms with E-state index in [0.717, 1.165) is 19.3 Å². The topological polar surface area (TPSA) is 26.3 Å². The fraction of sp³-hybridized carbons (Fsp3) is 0.964. The third-order valence-electron chi connectivity index (χ3n) is 6.29. The Morgan fingerprint density at radius 1 is 0.500 bits per heavy atom. The molecule has 0 aromatic carbocycles. The van der Waals surface area contributed by atoms with E-state index in [4.69, 9.17) is 4.74 Å². The lowest BCUT2D eigenvalue weighted by molar-refractivity contribution is -0.150. The van der Waals surface area contributed by atoms with E-state index in [2.05, 4.69) is 20.8 Å². The minimum Gasteiger partial charge on any atom is -0.462 e. The molecule has 0 spiro atoms. The van der Waals surface area contributed by atoms with Crippen molar-refractivity contribution in [3.05, 3.63) is 0 Å². The molecule has 0 aromatic rings. The highest BCUT2D eigenvalue weighted by Crippen LogP contribution is 2.18. The normalized spacial score (nSPS) is 12.2. The standard InChI is InChI=1S/C28H56O2/c1-4-7-10-13-15-16-17-20-22-25-27(24-21-19-14-11-8-5-2)30-28(29)26-23-18-12-9-6-3/h27H,4-26H2,1-3H3. The Bertz CT molecular complexity index is 340. The number of ether oxygens (including phenoxy) is 1. The summed E-state index contributed by atoms with van der Waals surface area (Å²) in [7, 11) is 0. The van der Waals surface area contributed by atoms with E-state index in [1.165, 1.54) is 122 Å². The van der Waals surface area contributed by atoms with Gasteiger partial charge in [0.05, 0.1) is 0 Å². The summed E-state index contributed by atoms with van der Waals surface area (Å²) in [5.41, 5.74) is 0. The maximum Gasteiger partial charge on any atom is 0.306 e. The molecule has 2 nitrogen and oxygen atoms in total. The van der Waals surface area contributed by atoms with Crippen molar-refractivity contribution in [1.29, 1.82) is 0 Å². The van der Waals surface area contributed by atoms with Gasteiger partial charge in [-0.15, -0.1) is 0 Å². The fourth-order valence-corrected chi connectivity index (χ4v) is 4.21. The third-order valence-corrected chi connectivity index (χ3v) is 6.29. The number of esters is 1. The first-order chi connectivity index (χ1) is 14.7. The van der Waals surface area contributed by atoms with Gasteiger partial charge >= 0.3 is 5.97 Å². The number of carbonyl (C=O) groups excluding carboxylic acids is 1. The van der Waals surface area contributed by atoms with Crippen molar-refractivity contribution in [2.75, 3.05) is 0 Å². The fourth-order valence-electron chi connectivity index (χ4n) is 4.21. The zero-order valence-corrected chi connectivity index (χ0v) is 21.2. The van der Waals surface area contributed by atoms with Gasteiger partial charge in [0.25, 0.3) is 0 Å². The molecule has 0 aromatic heterocycles. The van der Waals surface area contributed by atoms with Crippen LogP contribution in [0, 0.1) is 0 Å². The molecule has 30 heavy (non-hydrogen) atoms. The van der Waals surface area contributed by atoms with Gasteiger partial charge in [0.1, 0.15) is 6.10 Å². The first-order valence-corrected chi connectivity index (χ1v) is 13.9. The first kappa shape index (κ1) is 29.5. The van der Waals surface area contributed by atoms with E-state index in [-0.39, 0.29) is 12.1 Å². The minimum atomic E-state index is 0.0541. The van der Waals surface area contributed by atoms with Crippen LogP contribution >= 0.6 is 0 Å². The van der Waals surface area contributed by atoms with Gasteiger partial charge in [-0.1, -0.05) is 130 Å². The van der Waals surface area contributed by atoms with E-state index < -0.39 is 0 Å². The Morgan fingerprint density at radius 3 is 1.23 bits per heavy atom. The van der Waals surface area contributed by atoms with Crippen LogP contribution in [0.25, 0.3) is 0 Å². The predicted octanol–water partition coefficient (Wildman–Crippen LogP) is 9.93.